The molecule has 2 rings (SSSR count). The van der Waals surface area contributed by atoms with Crippen molar-refractivity contribution >= 4 is 17.0 Å². The van der Waals surface area contributed by atoms with Crippen LogP contribution in [0.4, 0.5) is 5.82 Å². The highest BCUT2D eigenvalue weighted by molar-refractivity contribution is 5.81. The van der Waals surface area contributed by atoms with Gasteiger partial charge in [0.05, 0.1) is 0 Å². The van der Waals surface area contributed by atoms with E-state index in [1.165, 1.54) is 6.33 Å². The molecule has 0 aromatic carbocycles. The summed E-state index contributed by atoms with van der Waals surface area (Å²) in [5.41, 5.74) is 12.4. The summed E-state index contributed by atoms with van der Waals surface area (Å²) in [5.74, 6) is 1.19. The molecule has 2 aromatic rings. The second-order valence-electron chi connectivity index (χ2n) is 4.13. The molecule has 2 aromatic heterocycles. The van der Waals surface area contributed by atoms with Gasteiger partial charge in [-0.15, -0.1) is 0 Å². The van der Waals surface area contributed by atoms with Gasteiger partial charge in [-0.05, 0) is 0 Å². The molecule has 80 valence electrons. The van der Waals surface area contributed by atoms with E-state index in [9.17, 15) is 0 Å². The van der Waals surface area contributed by atoms with Gasteiger partial charge in [-0.25, -0.2) is 15.0 Å². The van der Waals surface area contributed by atoms with Crippen molar-refractivity contribution < 1.29 is 0 Å². The molecule has 0 bridgehead atoms. The molecule has 0 aliphatic carbocycles. The number of imidazole rings is 1. The molecule has 15 heavy (non-hydrogen) atoms. The summed E-state index contributed by atoms with van der Waals surface area (Å²) in [4.78, 5) is 15.4. The minimum Gasteiger partial charge on any atom is -0.382 e. The van der Waals surface area contributed by atoms with Crippen molar-refractivity contribution in [3.8, 4) is 0 Å². The first-order chi connectivity index (χ1) is 7.04. The number of nitrogens with one attached hydrogen (secondary N) is 1. The van der Waals surface area contributed by atoms with Crippen LogP contribution in [0.2, 0.25) is 0 Å². The third kappa shape index (κ3) is 1.52. The van der Waals surface area contributed by atoms with Gasteiger partial charge in [0.1, 0.15) is 17.7 Å². The Morgan fingerprint density at radius 3 is 2.73 bits per heavy atom. The van der Waals surface area contributed by atoms with Gasteiger partial charge in [-0.2, -0.15) is 0 Å². The molecule has 0 fully saturated rings. The number of aromatic nitrogens is 4. The first-order valence-electron chi connectivity index (χ1n) is 4.71. The molecule has 6 heteroatoms. The second kappa shape index (κ2) is 3.16. The molecule has 6 nitrogen and oxygen atoms in total. The average Bonchev–Trinajstić information content (AvgIpc) is 2.64. The third-order valence-corrected chi connectivity index (χ3v) is 2.47. The van der Waals surface area contributed by atoms with Crippen LogP contribution in [-0.2, 0) is 5.41 Å². The Hall–Kier alpha value is -1.69. The summed E-state index contributed by atoms with van der Waals surface area (Å²) in [6.45, 7) is 4.52. The van der Waals surface area contributed by atoms with Crippen LogP contribution in [0.3, 0.4) is 0 Å². The fourth-order valence-corrected chi connectivity index (χ4v) is 1.26. The molecule has 0 radical (unpaired) electrons. The van der Waals surface area contributed by atoms with Crippen LogP contribution in [0.25, 0.3) is 11.2 Å². The lowest BCUT2D eigenvalue weighted by atomic mass is 9.93. The van der Waals surface area contributed by atoms with Gasteiger partial charge in [0.2, 0.25) is 0 Å². The number of H-pyrrole nitrogens is 1. The summed E-state index contributed by atoms with van der Waals surface area (Å²) in [5, 5.41) is 0. The van der Waals surface area contributed by atoms with Gasteiger partial charge in [0.15, 0.2) is 11.5 Å². The number of nitrogens with zero attached hydrogens (tertiary/aromatic N) is 3. The predicted molar refractivity (Wildman–Crippen MR) is 58.2 cm³/mol. The highest BCUT2D eigenvalue weighted by Crippen LogP contribution is 2.22. The minimum absolute atomic E-state index is 0.215. The van der Waals surface area contributed by atoms with E-state index < -0.39 is 0 Å². The van der Waals surface area contributed by atoms with Gasteiger partial charge < -0.3 is 16.5 Å². The Morgan fingerprint density at radius 2 is 2.13 bits per heavy atom. The van der Waals surface area contributed by atoms with Crippen molar-refractivity contribution in [3.63, 3.8) is 0 Å². The summed E-state index contributed by atoms with van der Waals surface area (Å²) >= 11 is 0. The summed E-state index contributed by atoms with van der Waals surface area (Å²) in [6.07, 6.45) is 1.40. The van der Waals surface area contributed by atoms with E-state index in [2.05, 4.69) is 19.9 Å². The van der Waals surface area contributed by atoms with Crippen LogP contribution in [0.5, 0.6) is 0 Å². The Labute approximate surface area is 87.1 Å². The largest absolute Gasteiger partial charge is 0.382 e. The molecule has 0 amide bonds. The molecular weight excluding hydrogens is 192 g/mol. The van der Waals surface area contributed by atoms with Crippen LogP contribution in [0.15, 0.2) is 6.33 Å². The van der Waals surface area contributed by atoms with Crippen molar-refractivity contribution in [2.24, 2.45) is 5.73 Å². The molecule has 2 heterocycles. The number of aromatic amines is 1. The first-order valence-corrected chi connectivity index (χ1v) is 4.71. The maximum atomic E-state index is 5.70. The fourth-order valence-electron chi connectivity index (χ4n) is 1.26. The molecular formula is C9H14N6. The average molecular weight is 206 g/mol. The molecule has 0 saturated carbocycles. The lowest BCUT2D eigenvalue weighted by Gasteiger charge is -2.18. The zero-order chi connectivity index (χ0) is 11.1. The molecule has 5 N–H and O–H groups in total. The summed E-state index contributed by atoms with van der Waals surface area (Å²) < 4.78 is 0. The Kier molecular flexibility index (Phi) is 2.08. The van der Waals surface area contributed by atoms with Gasteiger partial charge >= 0.3 is 0 Å². The zero-order valence-electron chi connectivity index (χ0n) is 8.78. The van der Waals surface area contributed by atoms with Crippen LogP contribution in [0, 0.1) is 0 Å². The molecule has 0 atom stereocenters. The van der Waals surface area contributed by atoms with Gasteiger partial charge in [-0.1, -0.05) is 13.8 Å². The van der Waals surface area contributed by atoms with Crippen LogP contribution in [-0.4, -0.2) is 26.5 Å². The topological polar surface area (TPSA) is 106 Å². The molecule has 0 unspecified atom stereocenters. The molecule has 0 aliphatic heterocycles. The maximum Gasteiger partial charge on any atom is 0.183 e. The monoisotopic (exact) mass is 206 g/mol. The van der Waals surface area contributed by atoms with Gasteiger partial charge in [-0.3, -0.25) is 0 Å². The van der Waals surface area contributed by atoms with Crippen molar-refractivity contribution in [2.75, 3.05) is 12.3 Å². The predicted octanol–water partition coefficient (Wildman–Crippen LogP) is 0.171. The Morgan fingerprint density at radius 1 is 1.40 bits per heavy atom. The smallest absolute Gasteiger partial charge is 0.183 e. The first kappa shape index (κ1) is 9.85. The number of nitrogen functional groups attached to an aromatic ring is 1. The van der Waals surface area contributed by atoms with Gasteiger partial charge in [0, 0.05) is 12.0 Å². The molecule has 0 saturated heterocycles. The standard InChI is InChI=1S/C9H14N6/c1-9(2,3-10)8-14-5-6(11)12-4-13-7(5)15-8/h4H,3,10H2,1-2H3,(H3,11,12,13,14,15). The van der Waals surface area contributed by atoms with E-state index in [0.717, 1.165) is 5.82 Å². The zero-order valence-corrected chi connectivity index (χ0v) is 8.78. The normalized spacial score (nSPS) is 12.2. The SMILES string of the molecule is CC(C)(CN)c1nc2ncnc(N)c2[nH]1. The highest BCUT2D eigenvalue weighted by atomic mass is 15.1. The Balaban J connectivity index is 2.62. The lowest BCUT2D eigenvalue weighted by Crippen LogP contribution is -2.29. The number of rotatable bonds is 2. The maximum absolute atomic E-state index is 5.70. The summed E-state index contributed by atoms with van der Waals surface area (Å²) in [7, 11) is 0. The fraction of sp³-hybridized carbons (Fsp3) is 0.444. The number of hydrogen-bond acceptors (Lipinski definition) is 5. The number of nitrogens with two attached hydrogens (primary N) is 2. The summed E-state index contributed by atoms with van der Waals surface area (Å²) in [6, 6.07) is 0. The molecule has 0 spiro atoms. The third-order valence-electron chi connectivity index (χ3n) is 2.47. The number of anilines is 1. The Bertz CT molecular complexity index is 486. The van der Waals surface area contributed by atoms with E-state index in [0.29, 0.717) is 23.5 Å². The second-order valence-corrected chi connectivity index (χ2v) is 4.13. The van der Waals surface area contributed by atoms with Crippen molar-refractivity contribution in [1.82, 2.24) is 19.9 Å². The quantitative estimate of drug-likeness (QED) is 0.649. The van der Waals surface area contributed by atoms with E-state index in [4.69, 9.17) is 11.5 Å². The highest BCUT2D eigenvalue weighted by Gasteiger charge is 2.23. The van der Waals surface area contributed by atoms with E-state index in [1.807, 2.05) is 13.8 Å². The number of hydrogen-bond donors (Lipinski definition) is 3. The van der Waals surface area contributed by atoms with Crippen LogP contribution in [0.1, 0.15) is 19.7 Å². The molecule has 0 aliphatic rings. The van der Waals surface area contributed by atoms with E-state index in [1.54, 1.807) is 0 Å². The van der Waals surface area contributed by atoms with E-state index in [-0.39, 0.29) is 5.41 Å². The van der Waals surface area contributed by atoms with Crippen LogP contribution < -0.4 is 11.5 Å². The van der Waals surface area contributed by atoms with Gasteiger partial charge in [0.25, 0.3) is 0 Å². The van der Waals surface area contributed by atoms with Crippen molar-refractivity contribution in [3.05, 3.63) is 12.2 Å². The minimum atomic E-state index is -0.215. The lowest BCUT2D eigenvalue weighted by molar-refractivity contribution is 0.509. The van der Waals surface area contributed by atoms with E-state index >= 15 is 0 Å². The number of fused-ring (bicyclic) bond motifs is 1. The van der Waals surface area contributed by atoms with Crippen molar-refractivity contribution in [1.29, 1.82) is 0 Å². The van der Waals surface area contributed by atoms with Crippen LogP contribution >= 0.6 is 0 Å². The van der Waals surface area contributed by atoms with Crippen molar-refractivity contribution in [2.45, 2.75) is 19.3 Å².